The molecule has 0 aliphatic rings. The summed E-state index contributed by atoms with van der Waals surface area (Å²) in [6, 6.07) is 3.65. The van der Waals surface area contributed by atoms with Crippen LogP contribution in [0.3, 0.4) is 0 Å². The minimum atomic E-state index is 0.169. The predicted molar refractivity (Wildman–Crippen MR) is 70.5 cm³/mol. The number of hydrogen-bond acceptors (Lipinski definition) is 4. The van der Waals surface area contributed by atoms with Crippen molar-refractivity contribution in [3.05, 3.63) is 17.8 Å². The normalized spacial score (nSPS) is 11.3. The summed E-state index contributed by atoms with van der Waals surface area (Å²) < 4.78 is 0. The van der Waals surface area contributed by atoms with Crippen molar-refractivity contribution in [1.82, 2.24) is 4.98 Å². The minimum absolute atomic E-state index is 0.169. The molecule has 0 aliphatic carbocycles. The van der Waals surface area contributed by atoms with E-state index >= 15 is 0 Å². The van der Waals surface area contributed by atoms with Gasteiger partial charge in [-0.1, -0.05) is 27.7 Å². The smallest absolute Gasteiger partial charge is 0.149 e. The van der Waals surface area contributed by atoms with Gasteiger partial charge in [0.1, 0.15) is 11.9 Å². The van der Waals surface area contributed by atoms with Gasteiger partial charge in [-0.15, -0.1) is 0 Å². The Bertz CT molecular complexity index is 430. The molecule has 0 fully saturated rings. The van der Waals surface area contributed by atoms with Gasteiger partial charge in [0, 0.05) is 12.7 Å². The third-order valence-corrected chi connectivity index (χ3v) is 3.32. The molecule has 0 atom stereocenters. The number of anilines is 2. The highest BCUT2D eigenvalue weighted by Gasteiger charge is 2.22. The maximum Gasteiger partial charge on any atom is 0.149 e. The number of rotatable bonds is 4. The van der Waals surface area contributed by atoms with Crippen LogP contribution in [0.1, 0.15) is 33.3 Å². The molecule has 3 N–H and O–H groups in total. The molecule has 0 amide bonds. The Morgan fingerprint density at radius 1 is 1.53 bits per heavy atom. The Hall–Kier alpha value is -1.76. The van der Waals surface area contributed by atoms with Crippen LogP contribution >= 0.6 is 0 Å². The van der Waals surface area contributed by atoms with Crippen molar-refractivity contribution in [2.75, 3.05) is 17.6 Å². The van der Waals surface area contributed by atoms with Gasteiger partial charge in [-0.2, -0.15) is 5.26 Å². The second-order valence-electron chi connectivity index (χ2n) is 5.27. The largest absolute Gasteiger partial charge is 0.396 e. The van der Waals surface area contributed by atoms with Crippen LogP contribution in [0.5, 0.6) is 0 Å². The zero-order valence-electron chi connectivity index (χ0n) is 10.9. The maximum absolute atomic E-state index is 8.72. The van der Waals surface area contributed by atoms with Crippen LogP contribution in [0.2, 0.25) is 0 Å². The summed E-state index contributed by atoms with van der Waals surface area (Å²) >= 11 is 0. The van der Waals surface area contributed by atoms with Gasteiger partial charge in [-0.3, -0.25) is 0 Å². The van der Waals surface area contributed by atoms with E-state index in [0.29, 0.717) is 23.0 Å². The number of nitriles is 1. The molecule has 0 aliphatic heterocycles. The molecule has 1 rings (SSSR count). The lowest BCUT2D eigenvalue weighted by molar-refractivity contribution is 0.269. The van der Waals surface area contributed by atoms with Crippen molar-refractivity contribution in [1.29, 1.82) is 5.26 Å². The Kier molecular flexibility index (Phi) is 3.95. The molecule has 0 aromatic carbocycles. The van der Waals surface area contributed by atoms with Crippen LogP contribution in [-0.4, -0.2) is 11.5 Å². The molecular weight excluding hydrogens is 212 g/mol. The van der Waals surface area contributed by atoms with Crippen LogP contribution in [0.4, 0.5) is 11.5 Å². The van der Waals surface area contributed by atoms with Gasteiger partial charge in [0.15, 0.2) is 0 Å². The van der Waals surface area contributed by atoms with E-state index in [-0.39, 0.29) is 5.41 Å². The van der Waals surface area contributed by atoms with E-state index in [1.165, 1.54) is 6.20 Å². The first-order chi connectivity index (χ1) is 7.86. The zero-order chi connectivity index (χ0) is 13.1. The average Bonchev–Trinajstić information content (AvgIpc) is 2.27. The Morgan fingerprint density at radius 2 is 2.18 bits per heavy atom. The third kappa shape index (κ3) is 3.35. The molecule has 4 heteroatoms. The van der Waals surface area contributed by atoms with E-state index in [4.69, 9.17) is 11.0 Å². The van der Waals surface area contributed by atoms with E-state index in [0.717, 1.165) is 6.54 Å². The molecule has 17 heavy (non-hydrogen) atoms. The van der Waals surface area contributed by atoms with E-state index in [2.05, 4.69) is 38.0 Å². The van der Waals surface area contributed by atoms with Crippen LogP contribution in [0.15, 0.2) is 12.3 Å². The molecule has 0 spiro atoms. The Morgan fingerprint density at radius 3 is 2.65 bits per heavy atom. The van der Waals surface area contributed by atoms with Crippen LogP contribution in [0.25, 0.3) is 0 Å². The number of nitrogen functional groups attached to an aromatic ring is 1. The number of aromatic nitrogens is 1. The molecule has 0 bridgehead atoms. The number of hydrogen-bond donors (Lipinski definition) is 2. The van der Waals surface area contributed by atoms with Gasteiger partial charge < -0.3 is 11.1 Å². The summed E-state index contributed by atoms with van der Waals surface area (Å²) in [5.74, 6) is 1.22. The maximum atomic E-state index is 8.72. The first kappa shape index (κ1) is 13.3. The zero-order valence-corrected chi connectivity index (χ0v) is 10.9. The molecule has 1 heterocycles. The quantitative estimate of drug-likeness (QED) is 0.836. The van der Waals surface area contributed by atoms with Gasteiger partial charge in [-0.25, -0.2) is 4.98 Å². The number of nitrogens with two attached hydrogens (primary N) is 1. The van der Waals surface area contributed by atoms with Crippen molar-refractivity contribution in [3.8, 4) is 6.07 Å². The molecule has 4 nitrogen and oxygen atoms in total. The lowest BCUT2D eigenvalue weighted by atomic mass is 9.81. The third-order valence-electron chi connectivity index (χ3n) is 3.32. The van der Waals surface area contributed by atoms with Gasteiger partial charge in [0.2, 0.25) is 0 Å². The molecule has 0 radical (unpaired) electrons. The first-order valence-corrected chi connectivity index (χ1v) is 5.76. The molecule has 0 unspecified atom stereocenters. The van der Waals surface area contributed by atoms with Crippen molar-refractivity contribution < 1.29 is 0 Å². The summed E-state index contributed by atoms with van der Waals surface area (Å²) in [6.07, 6.45) is 1.53. The predicted octanol–water partition coefficient (Wildman–Crippen LogP) is 2.63. The number of pyridine rings is 1. The Labute approximate surface area is 103 Å². The SMILES string of the molecule is CC(C)C(C)(C)CNc1ncc(C#N)cc1N. The van der Waals surface area contributed by atoms with Gasteiger partial charge in [0.25, 0.3) is 0 Å². The number of nitrogens with zero attached hydrogens (tertiary/aromatic N) is 2. The van der Waals surface area contributed by atoms with Gasteiger partial charge >= 0.3 is 0 Å². The standard InChI is InChI=1S/C13H20N4/c1-9(2)13(3,4)8-17-12-11(15)5-10(6-14)7-16-12/h5,7,9H,8,15H2,1-4H3,(H,16,17). The summed E-state index contributed by atoms with van der Waals surface area (Å²) in [6.45, 7) is 9.58. The fraction of sp³-hybridized carbons (Fsp3) is 0.538. The van der Waals surface area contributed by atoms with Crippen LogP contribution < -0.4 is 11.1 Å². The second-order valence-corrected chi connectivity index (χ2v) is 5.27. The average molecular weight is 232 g/mol. The minimum Gasteiger partial charge on any atom is -0.396 e. The highest BCUT2D eigenvalue weighted by Crippen LogP contribution is 2.27. The van der Waals surface area contributed by atoms with E-state index in [1.807, 2.05) is 6.07 Å². The second kappa shape index (κ2) is 5.05. The summed E-state index contributed by atoms with van der Waals surface area (Å²) in [5.41, 5.74) is 6.99. The highest BCUT2D eigenvalue weighted by atomic mass is 15.0. The summed E-state index contributed by atoms with van der Waals surface area (Å²) in [5, 5.41) is 12.0. The monoisotopic (exact) mass is 232 g/mol. The lowest BCUT2D eigenvalue weighted by Gasteiger charge is -2.29. The highest BCUT2D eigenvalue weighted by molar-refractivity contribution is 5.63. The van der Waals surface area contributed by atoms with Crippen molar-refractivity contribution in [3.63, 3.8) is 0 Å². The summed E-state index contributed by atoms with van der Waals surface area (Å²) in [7, 11) is 0. The van der Waals surface area contributed by atoms with Crippen molar-refractivity contribution in [2.45, 2.75) is 27.7 Å². The van der Waals surface area contributed by atoms with Crippen LogP contribution in [0, 0.1) is 22.7 Å². The fourth-order valence-electron chi connectivity index (χ4n) is 1.21. The van der Waals surface area contributed by atoms with Crippen molar-refractivity contribution in [2.24, 2.45) is 11.3 Å². The first-order valence-electron chi connectivity index (χ1n) is 5.76. The van der Waals surface area contributed by atoms with Crippen LogP contribution in [-0.2, 0) is 0 Å². The molecule has 0 saturated heterocycles. The lowest BCUT2D eigenvalue weighted by Crippen LogP contribution is -2.29. The number of nitrogens with one attached hydrogen (secondary N) is 1. The van der Waals surface area contributed by atoms with E-state index < -0.39 is 0 Å². The molecule has 1 aromatic heterocycles. The van der Waals surface area contributed by atoms with Gasteiger partial charge in [-0.05, 0) is 17.4 Å². The fourth-order valence-corrected chi connectivity index (χ4v) is 1.21. The Balaban J connectivity index is 2.74. The molecule has 0 saturated carbocycles. The topological polar surface area (TPSA) is 74.7 Å². The molecular formula is C13H20N4. The van der Waals surface area contributed by atoms with E-state index in [9.17, 15) is 0 Å². The van der Waals surface area contributed by atoms with E-state index in [1.54, 1.807) is 6.07 Å². The van der Waals surface area contributed by atoms with Crippen molar-refractivity contribution >= 4 is 11.5 Å². The molecule has 92 valence electrons. The van der Waals surface area contributed by atoms with Gasteiger partial charge in [0.05, 0.1) is 11.3 Å². The summed E-state index contributed by atoms with van der Waals surface area (Å²) in [4.78, 5) is 4.15. The molecule has 1 aromatic rings.